The highest BCUT2D eigenvalue weighted by Gasteiger charge is 2.09. The Morgan fingerprint density at radius 3 is 2.40 bits per heavy atom. The van der Waals surface area contributed by atoms with E-state index in [2.05, 4.69) is 5.32 Å². The van der Waals surface area contributed by atoms with Crippen LogP contribution in [0.15, 0.2) is 0 Å². The van der Waals surface area contributed by atoms with Gasteiger partial charge in [-0.25, -0.2) is 0 Å². The Morgan fingerprint density at radius 1 is 1.30 bits per heavy atom. The Kier molecular flexibility index (Phi) is 2.89. The summed E-state index contributed by atoms with van der Waals surface area (Å²) in [7, 11) is -1.97. The van der Waals surface area contributed by atoms with E-state index in [4.69, 9.17) is 0 Å². The molecule has 0 atom stereocenters. The molecule has 1 aliphatic rings. The van der Waals surface area contributed by atoms with Gasteiger partial charge in [0.2, 0.25) is 10.3 Å². The topological polar surface area (TPSA) is 46.2 Å². The molecule has 0 aromatic heterocycles. The minimum absolute atomic E-state index is 0.277. The van der Waals surface area contributed by atoms with Crippen molar-refractivity contribution < 1.29 is 8.42 Å². The molecule has 1 N–H and O–H groups in total. The number of rotatable bonds is 1. The molecule has 58 valence electrons. The molecule has 0 aromatic rings. The first-order valence-corrected chi connectivity index (χ1v) is 4.56. The molecule has 1 saturated heterocycles. The lowest BCUT2D eigenvalue weighted by Gasteiger charge is -2.17. The summed E-state index contributed by atoms with van der Waals surface area (Å²) in [6, 6.07) is 0. The van der Waals surface area contributed by atoms with Crippen molar-refractivity contribution in [2.24, 2.45) is 5.92 Å². The molecule has 1 fully saturated rings. The van der Waals surface area contributed by atoms with E-state index in [0.717, 1.165) is 25.9 Å². The smallest absolute Gasteiger partial charge is 0.210 e. The van der Waals surface area contributed by atoms with Gasteiger partial charge >= 0.3 is 0 Å². The Hall–Kier alpha value is -0.350. The minimum Gasteiger partial charge on any atom is -0.317 e. The summed E-state index contributed by atoms with van der Waals surface area (Å²) >= 11 is 0. The fourth-order valence-electron chi connectivity index (χ4n) is 1.14. The summed E-state index contributed by atoms with van der Waals surface area (Å²) in [5.41, 5.74) is 0. The summed E-state index contributed by atoms with van der Waals surface area (Å²) in [5, 5.41) is 4.57. The molecule has 4 heteroatoms. The fourth-order valence-corrected chi connectivity index (χ4v) is 1.72. The van der Waals surface area contributed by atoms with Crippen LogP contribution >= 0.6 is 0 Å². The first kappa shape index (κ1) is 7.75. The molecule has 0 aromatic carbocycles. The third-order valence-electron chi connectivity index (χ3n) is 1.69. The van der Waals surface area contributed by atoms with Gasteiger partial charge in [-0.05, 0) is 31.8 Å². The molecule has 3 nitrogen and oxygen atoms in total. The van der Waals surface area contributed by atoms with Gasteiger partial charge in [0, 0.05) is 5.37 Å². The van der Waals surface area contributed by atoms with Gasteiger partial charge in [-0.2, -0.15) is 8.42 Å². The molecule has 10 heavy (non-hydrogen) atoms. The van der Waals surface area contributed by atoms with Gasteiger partial charge in [0.15, 0.2) is 0 Å². The van der Waals surface area contributed by atoms with Gasteiger partial charge in [-0.3, -0.25) is 0 Å². The van der Waals surface area contributed by atoms with Crippen LogP contribution in [0, 0.1) is 5.92 Å². The predicted molar refractivity (Wildman–Crippen MR) is 40.6 cm³/mol. The molecular weight excluding hydrogens is 150 g/mol. The van der Waals surface area contributed by atoms with Crippen LogP contribution in [0.25, 0.3) is 0 Å². The minimum atomic E-state index is -1.97. The molecule has 1 aliphatic heterocycles. The first-order valence-electron chi connectivity index (χ1n) is 3.43. The Balaban J connectivity index is 2.48. The highest BCUT2D eigenvalue weighted by molar-refractivity contribution is 7.71. The number of hydrogen-bond donors (Lipinski definition) is 1. The van der Waals surface area contributed by atoms with Crippen LogP contribution in [0.3, 0.4) is 0 Å². The first-order chi connectivity index (χ1) is 4.79. The molecule has 0 unspecified atom stereocenters. The summed E-state index contributed by atoms with van der Waals surface area (Å²) in [5.74, 6) is 0.277. The average molecular weight is 161 g/mol. The van der Waals surface area contributed by atoms with Gasteiger partial charge < -0.3 is 5.32 Å². The second-order valence-electron chi connectivity index (χ2n) is 2.48. The fraction of sp³-hybridized carbons (Fsp3) is 0.833. The van der Waals surface area contributed by atoms with E-state index < -0.39 is 10.3 Å². The zero-order valence-electron chi connectivity index (χ0n) is 5.71. The lowest BCUT2D eigenvalue weighted by molar-refractivity contribution is 0.464. The molecule has 0 aliphatic carbocycles. The van der Waals surface area contributed by atoms with Crippen LogP contribution in [-0.4, -0.2) is 26.9 Å². The number of piperidine rings is 1. The molecule has 1 heterocycles. The largest absolute Gasteiger partial charge is 0.317 e. The van der Waals surface area contributed by atoms with Gasteiger partial charge in [0.25, 0.3) is 0 Å². The van der Waals surface area contributed by atoms with Crippen molar-refractivity contribution in [3.8, 4) is 0 Å². The third-order valence-corrected chi connectivity index (χ3v) is 2.29. The normalized spacial score (nSPS) is 20.4. The number of nitrogens with one attached hydrogen (secondary N) is 1. The molecule has 0 amide bonds. The quantitative estimate of drug-likeness (QED) is 0.535. The second kappa shape index (κ2) is 3.73. The Bertz CT molecular complexity index is 206. The van der Waals surface area contributed by atoms with Crippen molar-refractivity contribution in [2.75, 3.05) is 13.1 Å². The van der Waals surface area contributed by atoms with E-state index in [1.807, 2.05) is 0 Å². The molecule has 0 bridgehead atoms. The molecule has 1 rings (SSSR count). The van der Waals surface area contributed by atoms with E-state index >= 15 is 0 Å². The van der Waals surface area contributed by atoms with Crippen molar-refractivity contribution in [3.63, 3.8) is 0 Å². The zero-order chi connectivity index (χ0) is 7.40. The maximum atomic E-state index is 10.2. The van der Waals surface area contributed by atoms with Crippen LogP contribution in [0.5, 0.6) is 0 Å². The van der Waals surface area contributed by atoms with E-state index in [1.165, 1.54) is 5.37 Å². The van der Waals surface area contributed by atoms with Gasteiger partial charge in [0.1, 0.15) is 0 Å². The molecule has 0 radical (unpaired) electrons. The maximum Gasteiger partial charge on any atom is 0.210 e. The molecule has 0 saturated carbocycles. The highest BCUT2D eigenvalue weighted by Crippen LogP contribution is 2.07. The van der Waals surface area contributed by atoms with E-state index in [-0.39, 0.29) is 5.92 Å². The summed E-state index contributed by atoms with van der Waals surface area (Å²) in [6.45, 7) is 1.89. The lowest BCUT2D eigenvalue weighted by atomic mass is 10.0. The van der Waals surface area contributed by atoms with Crippen molar-refractivity contribution in [1.29, 1.82) is 0 Å². The SMILES string of the molecule is O=S(=O)=CC1CCNCC1. The standard InChI is InChI=1S/C6H11NO2S/c8-10(9)5-6-1-3-7-4-2-6/h5-7H,1-4H2. The second-order valence-corrected chi connectivity index (χ2v) is 3.28. The molecular formula is C6H11NO2S. The van der Waals surface area contributed by atoms with Crippen LogP contribution in [0.4, 0.5) is 0 Å². The highest BCUT2D eigenvalue weighted by atomic mass is 32.2. The van der Waals surface area contributed by atoms with Crippen molar-refractivity contribution in [3.05, 3.63) is 0 Å². The van der Waals surface area contributed by atoms with Crippen LogP contribution < -0.4 is 5.32 Å². The van der Waals surface area contributed by atoms with Crippen molar-refractivity contribution in [1.82, 2.24) is 5.32 Å². The predicted octanol–water partition coefficient (Wildman–Crippen LogP) is -0.333. The van der Waals surface area contributed by atoms with E-state index in [9.17, 15) is 8.42 Å². The van der Waals surface area contributed by atoms with Crippen molar-refractivity contribution in [2.45, 2.75) is 12.8 Å². The van der Waals surface area contributed by atoms with Crippen LogP contribution in [-0.2, 0) is 10.3 Å². The summed E-state index contributed by atoms with van der Waals surface area (Å²) < 4.78 is 20.4. The monoisotopic (exact) mass is 161 g/mol. The van der Waals surface area contributed by atoms with E-state index in [1.54, 1.807) is 0 Å². The maximum absolute atomic E-state index is 10.2. The van der Waals surface area contributed by atoms with Crippen LogP contribution in [0.1, 0.15) is 12.8 Å². The van der Waals surface area contributed by atoms with Crippen molar-refractivity contribution >= 4 is 15.7 Å². The third kappa shape index (κ3) is 2.49. The number of hydrogen-bond acceptors (Lipinski definition) is 3. The molecule has 0 spiro atoms. The van der Waals surface area contributed by atoms with E-state index in [0.29, 0.717) is 0 Å². The zero-order valence-corrected chi connectivity index (χ0v) is 6.52. The average Bonchev–Trinajstić information content (AvgIpc) is 1.88. The summed E-state index contributed by atoms with van der Waals surface area (Å²) in [4.78, 5) is 0. The summed E-state index contributed by atoms with van der Waals surface area (Å²) in [6.07, 6.45) is 1.90. The van der Waals surface area contributed by atoms with Gasteiger partial charge in [0.05, 0.1) is 0 Å². The Morgan fingerprint density at radius 2 is 1.90 bits per heavy atom. The lowest BCUT2D eigenvalue weighted by Crippen LogP contribution is -2.28. The van der Waals surface area contributed by atoms with Gasteiger partial charge in [-0.1, -0.05) is 0 Å². The van der Waals surface area contributed by atoms with Crippen LogP contribution in [0.2, 0.25) is 0 Å². The Labute approximate surface area is 62.0 Å². The van der Waals surface area contributed by atoms with Gasteiger partial charge in [-0.15, -0.1) is 0 Å².